The van der Waals surface area contributed by atoms with Crippen LogP contribution < -0.4 is 0 Å². The Morgan fingerprint density at radius 3 is 2.38 bits per heavy atom. The van der Waals surface area contributed by atoms with Crippen LogP contribution in [-0.2, 0) is 14.3 Å². The molecule has 0 saturated carbocycles. The molecule has 0 N–H and O–H groups in total. The Bertz CT molecular complexity index is 846. The van der Waals surface area contributed by atoms with E-state index in [0.717, 1.165) is 15.6 Å². The van der Waals surface area contributed by atoms with E-state index in [1.807, 2.05) is 24.3 Å². The average Bonchev–Trinajstić information content (AvgIpc) is 2.96. The van der Waals surface area contributed by atoms with E-state index >= 15 is 0 Å². The minimum atomic E-state index is -0.398. The molecule has 0 fully saturated rings. The van der Waals surface area contributed by atoms with E-state index in [0.29, 0.717) is 16.9 Å². The molecular formula is C19H13BrO4. The van der Waals surface area contributed by atoms with Crippen LogP contribution in [-0.4, -0.2) is 19.0 Å². The summed E-state index contributed by atoms with van der Waals surface area (Å²) in [6.45, 7) is 0. The van der Waals surface area contributed by atoms with Gasteiger partial charge in [0.05, 0.1) is 18.2 Å². The number of methoxy groups -OCH3 is 1. The van der Waals surface area contributed by atoms with E-state index in [9.17, 15) is 9.59 Å². The normalized spacial score (nSPS) is 15.2. The Morgan fingerprint density at radius 1 is 1.08 bits per heavy atom. The molecule has 1 heterocycles. The quantitative estimate of drug-likeness (QED) is 0.587. The number of carbonyl (C=O) groups excluding carboxylic acids is 2. The van der Waals surface area contributed by atoms with Crippen molar-refractivity contribution in [3.8, 4) is 0 Å². The summed E-state index contributed by atoms with van der Waals surface area (Å²) in [6, 6.07) is 14.3. The summed E-state index contributed by atoms with van der Waals surface area (Å²) in [5, 5.41) is 0. The lowest BCUT2D eigenvalue weighted by atomic mass is 10.1. The first kappa shape index (κ1) is 16.2. The molecule has 0 aromatic heterocycles. The van der Waals surface area contributed by atoms with Crippen molar-refractivity contribution < 1.29 is 19.1 Å². The van der Waals surface area contributed by atoms with Gasteiger partial charge in [-0.1, -0.05) is 40.2 Å². The topological polar surface area (TPSA) is 52.6 Å². The van der Waals surface area contributed by atoms with Crippen molar-refractivity contribution >= 4 is 39.7 Å². The monoisotopic (exact) mass is 384 g/mol. The molecule has 0 bridgehead atoms. The Balaban J connectivity index is 1.85. The third-order valence-corrected chi connectivity index (χ3v) is 4.04. The number of cyclic esters (lactones) is 1. The number of carbonyl (C=O) groups is 2. The number of hydrogen-bond acceptors (Lipinski definition) is 4. The Morgan fingerprint density at radius 2 is 1.75 bits per heavy atom. The lowest BCUT2D eigenvalue weighted by Gasteiger charge is -2.01. The molecule has 2 aromatic carbocycles. The standard InChI is InChI=1S/C19H13BrO4/c1-23-18(21)14-4-2-12(3-5-14)10-15-11-17(24-19(15)22)13-6-8-16(20)9-7-13/h2-11H,1H3. The van der Waals surface area contributed by atoms with Crippen molar-refractivity contribution in [1.82, 2.24) is 0 Å². The van der Waals surface area contributed by atoms with Gasteiger partial charge >= 0.3 is 11.9 Å². The van der Waals surface area contributed by atoms with E-state index < -0.39 is 11.9 Å². The maximum Gasteiger partial charge on any atom is 0.343 e. The lowest BCUT2D eigenvalue weighted by molar-refractivity contribution is -0.130. The van der Waals surface area contributed by atoms with Gasteiger partial charge in [0, 0.05) is 10.0 Å². The summed E-state index contributed by atoms with van der Waals surface area (Å²) in [7, 11) is 1.33. The summed E-state index contributed by atoms with van der Waals surface area (Å²) in [5.74, 6) is -0.276. The van der Waals surface area contributed by atoms with Crippen LogP contribution in [0.3, 0.4) is 0 Å². The highest BCUT2D eigenvalue weighted by molar-refractivity contribution is 9.10. The molecule has 1 aliphatic heterocycles. The molecule has 0 aliphatic carbocycles. The van der Waals surface area contributed by atoms with Gasteiger partial charge in [0.2, 0.25) is 0 Å². The van der Waals surface area contributed by atoms with E-state index in [1.54, 1.807) is 36.4 Å². The smallest absolute Gasteiger partial charge is 0.343 e. The van der Waals surface area contributed by atoms with Gasteiger partial charge in [-0.15, -0.1) is 0 Å². The van der Waals surface area contributed by atoms with Gasteiger partial charge < -0.3 is 9.47 Å². The van der Waals surface area contributed by atoms with E-state index in [1.165, 1.54) is 7.11 Å². The highest BCUT2D eigenvalue weighted by atomic mass is 79.9. The molecule has 24 heavy (non-hydrogen) atoms. The summed E-state index contributed by atoms with van der Waals surface area (Å²) in [6.07, 6.45) is 3.43. The number of halogens is 1. The van der Waals surface area contributed by atoms with Gasteiger partial charge in [0.15, 0.2) is 0 Å². The highest BCUT2D eigenvalue weighted by Crippen LogP contribution is 2.28. The fourth-order valence-electron chi connectivity index (χ4n) is 2.26. The number of rotatable bonds is 3. The second kappa shape index (κ2) is 6.84. The average molecular weight is 385 g/mol. The van der Waals surface area contributed by atoms with Gasteiger partial charge in [0.25, 0.3) is 0 Å². The molecule has 0 saturated heterocycles. The van der Waals surface area contributed by atoms with Crippen LogP contribution in [0.1, 0.15) is 21.5 Å². The fraction of sp³-hybridized carbons (Fsp3) is 0.0526. The molecule has 1 aliphatic rings. The Labute approximate surface area is 147 Å². The van der Waals surface area contributed by atoms with Crippen molar-refractivity contribution in [3.63, 3.8) is 0 Å². The van der Waals surface area contributed by atoms with Crippen molar-refractivity contribution in [2.75, 3.05) is 7.11 Å². The number of esters is 2. The van der Waals surface area contributed by atoms with Crippen LogP contribution in [0.5, 0.6) is 0 Å². The SMILES string of the molecule is COC(=O)c1ccc(C=C2C=C(c3ccc(Br)cc3)OC2=O)cc1. The summed E-state index contributed by atoms with van der Waals surface area (Å²) in [4.78, 5) is 23.4. The van der Waals surface area contributed by atoms with Gasteiger partial charge in [-0.25, -0.2) is 9.59 Å². The van der Waals surface area contributed by atoms with Crippen LogP contribution >= 0.6 is 15.9 Å². The third kappa shape index (κ3) is 3.46. The second-order valence-corrected chi connectivity index (χ2v) is 6.03. The van der Waals surface area contributed by atoms with Crippen LogP contribution in [0.15, 0.2) is 64.7 Å². The second-order valence-electron chi connectivity index (χ2n) is 5.12. The van der Waals surface area contributed by atoms with Gasteiger partial charge in [-0.05, 0) is 42.0 Å². The molecule has 0 radical (unpaired) electrons. The first-order valence-electron chi connectivity index (χ1n) is 7.17. The van der Waals surface area contributed by atoms with Gasteiger partial charge in [0.1, 0.15) is 5.76 Å². The summed E-state index contributed by atoms with van der Waals surface area (Å²) < 4.78 is 10.9. The zero-order valence-corrected chi connectivity index (χ0v) is 14.4. The molecule has 0 unspecified atom stereocenters. The molecule has 0 spiro atoms. The summed E-state index contributed by atoms with van der Waals surface area (Å²) >= 11 is 3.37. The van der Waals surface area contributed by atoms with Gasteiger partial charge in [-0.3, -0.25) is 0 Å². The molecule has 4 nitrogen and oxygen atoms in total. The Kier molecular flexibility index (Phi) is 4.62. The van der Waals surface area contributed by atoms with Crippen LogP contribution in [0.25, 0.3) is 11.8 Å². The lowest BCUT2D eigenvalue weighted by Crippen LogP contribution is -2.00. The maximum absolute atomic E-state index is 12.0. The molecule has 0 amide bonds. The van der Waals surface area contributed by atoms with E-state index in [2.05, 4.69) is 20.7 Å². The van der Waals surface area contributed by atoms with Crippen molar-refractivity contribution in [1.29, 1.82) is 0 Å². The predicted molar refractivity (Wildman–Crippen MR) is 94.0 cm³/mol. The summed E-state index contributed by atoms with van der Waals surface area (Å²) in [5.41, 5.74) is 2.54. The van der Waals surface area contributed by atoms with Crippen LogP contribution in [0, 0.1) is 0 Å². The van der Waals surface area contributed by atoms with Gasteiger partial charge in [-0.2, -0.15) is 0 Å². The molecule has 5 heteroatoms. The predicted octanol–water partition coefficient (Wildman–Crippen LogP) is 4.22. The largest absolute Gasteiger partial charge is 0.465 e. The Hall–Kier alpha value is -2.66. The van der Waals surface area contributed by atoms with Crippen molar-refractivity contribution in [2.24, 2.45) is 0 Å². The van der Waals surface area contributed by atoms with Crippen molar-refractivity contribution in [3.05, 3.63) is 81.3 Å². The van der Waals surface area contributed by atoms with Crippen LogP contribution in [0.4, 0.5) is 0 Å². The number of ether oxygens (including phenoxy) is 2. The van der Waals surface area contributed by atoms with Crippen molar-refractivity contribution in [2.45, 2.75) is 0 Å². The minimum Gasteiger partial charge on any atom is -0.465 e. The molecule has 3 rings (SSSR count). The first-order chi connectivity index (χ1) is 11.6. The highest BCUT2D eigenvalue weighted by Gasteiger charge is 2.21. The van der Waals surface area contributed by atoms with E-state index in [-0.39, 0.29) is 0 Å². The maximum atomic E-state index is 12.0. The number of benzene rings is 2. The van der Waals surface area contributed by atoms with E-state index in [4.69, 9.17) is 4.74 Å². The zero-order valence-electron chi connectivity index (χ0n) is 12.8. The van der Waals surface area contributed by atoms with Crippen LogP contribution in [0.2, 0.25) is 0 Å². The fourth-order valence-corrected chi connectivity index (χ4v) is 2.52. The molecular weight excluding hydrogens is 372 g/mol. The molecule has 120 valence electrons. The third-order valence-electron chi connectivity index (χ3n) is 3.51. The molecule has 2 aromatic rings. The minimum absolute atomic E-state index is 0.396. The molecule has 0 atom stereocenters. The zero-order chi connectivity index (χ0) is 17.1. The first-order valence-corrected chi connectivity index (χ1v) is 7.96. The number of hydrogen-bond donors (Lipinski definition) is 0.